The molecule has 0 saturated heterocycles. The van der Waals surface area contributed by atoms with Crippen LogP contribution >= 0.6 is 0 Å². The zero-order valence-electron chi connectivity index (χ0n) is 15.6. The number of halogens is 2. The fourth-order valence-corrected chi connectivity index (χ4v) is 8.30. The van der Waals surface area contributed by atoms with Gasteiger partial charge < -0.3 is 29.2 Å². The number of ketones is 1. The Balaban J connectivity index is 0.00000113. The van der Waals surface area contributed by atoms with E-state index in [2.05, 4.69) is 51.3 Å². The molecule has 0 bridgehead atoms. The maximum absolute atomic E-state index is 13.1. The van der Waals surface area contributed by atoms with Gasteiger partial charge in [-0.2, -0.15) is 0 Å². The summed E-state index contributed by atoms with van der Waals surface area (Å²) in [7, 11) is -3.57. The van der Waals surface area contributed by atoms with Crippen LogP contribution < -0.4 is 24.8 Å². The Morgan fingerprint density at radius 2 is 1.73 bits per heavy atom. The smallest absolute Gasteiger partial charge is 1.00 e. The van der Waals surface area contributed by atoms with Crippen LogP contribution in [0.15, 0.2) is 46.0 Å². The minimum absolute atomic E-state index is 0. The van der Waals surface area contributed by atoms with Gasteiger partial charge in [0.15, 0.2) is 0 Å². The minimum atomic E-state index is -1.86. The second-order valence-corrected chi connectivity index (χ2v) is 16.5. The van der Waals surface area contributed by atoms with E-state index in [1.807, 2.05) is 12.1 Å². The summed E-state index contributed by atoms with van der Waals surface area (Å²) in [5, 5.41) is 2.42. The molecule has 1 atom stereocenters. The average Bonchev–Trinajstić information content (AvgIpc) is 2.93. The number of Topliss-reactive ketones (excluding diaryl/α,β-unsaturated/α-hetero) is 1. The molecule has 1 aliphatic heterocycles. The number of fused-ring (bicyclic) bond motifs is 4. The number of allylic oxidation sites excluding steroid dienone is 4. The molecule has 0 saturated carbocycles. The van der Waals surface area contributed by atoms with Gasteiger partial charge in [-0.1, -0.05) is 43.3 Å². The normalized spacial score (nSPS) is 22.2. The maximum atomic E-state index is 13.1. The molecule has 0 fully saturated rings. The summed E-state index contributed by atoms with van der Waals surface area (Å²) < 4.78 is 6.29. The first-order valence-electron chi connectivity index (χ1n) is 8.25. The van der Waals surface area contributed by atoms with E-state index < -0.39 is 16.4 Å². The maximum Gasteiger partial charge on any atom is 3.00 e. The molecule has 1 heterocycles. The van der Waals surface area contributed by atoms with E-state index in [0.29, 0.717) is 5.76 Å². The van der Waals surface area contributed by atoms with Crippen LogP contribution in [0, 0.1) is 6.08 Å². The van der Waals surface area contributed by atoms with Gasteiger partial charge in [-0.25, -0.2) is 0 Å². The van der Waals surface area contributed by atoms with Crippen molar-refractivity contribution < 1.29 is 55.8 Å². The fourth-order valence-electron chi connectivity index (χ4n) is 3.73. The van der Waals surface area contributed by atoms with E-state index >= 15 is 0 Å². The van der Waals surface area contributed by atoms with Crippen molar-refractivity contribution in [2.24, 2.45) is 0 Å². The largest absolute Gasteiger partial charge is 3.00 e. The van der Waals surface area contributed by atoms with Gasteiger partial charge in [0.2, 0.25) is 14.1 Å². The molecule has 1 aromatic rings. The zero-order valence-corrected chi connectivity index (χ0v) is 20.7. The number of rotatable bonds is 3. The number of benzene rings is 1. The molecule has 1 unspecified atom stereocenters. The van der Waals surface area contributed by atoms with Gasteiger partial charge in [-0.05, 0) is 24.8 Å². The molecular formula is C19H21Cl2O2Si2Ti. The van der Waals surface area contributed by atoms with Crippen molar-refractivity contribution in [3.63, 3.8) is 0 Å². The Kier molecular flexibility index (Phi) is 6.90. The summed E-state index contributed by atoms with van der Waals surface area (Å²) in [6.45, 7) is 10.9. The summed E-state index contributed by atoms with van der Waals surface area (Å²) in [6, 6.07) is 9.31. The predicted molar refractivity (Wildman–Crippen MR) is 97.8 cm³/mol. The minimum Gasteiger partial charge on any atom is -1.00 e. The Bertz CT molecular complexity index is 869. The van der Waals surface area contributed by atoms with Crippen molar-refractivity contribution in [2.45, 2.75) is 39.2 Å². The van der Waals surface area contributed by atoms with Crippen LogP contribution in [0.1, 0.15) is 18.1 Å². The summed E-state index contributed by atoms with van der Waals surface area (Å²) in [5.74, 6) is 0.760. The molecule has 0 aromatic heterocycles. The Labute approximate surface area is 185 Å². The van der Waals surface area contributed by atoms with Gasteiger partial charge in [0, 0.05) is 0 Å². The third-order valence-electron chi connectivity index (χ3n) is 5.02. The number of carbonyl (C=O) groups excluding carboxylic acids is 1. The first-order chi connectivity index (χ1) is 10.8. The summed E-state index contributed by atoms with van der Waals surface area (Å²) >= 11 is 0. The molecule has 4 rings (SSSR count). The molecule has 1 radical (unpaired) electrons. The van der Waals surface area contributed by atoms with Gasteiger partial charge >= 0.3 is 21.7 Å². The van der Waals surface area contributed by atoms with Crippen molar-refractivity contribution >= 4 is 27.7 Å². The van der Waals surface area contributed by atoms with Crippen LogP contribution in [-0.4, -0.2) is 22.2 Å². The van der Waals surface area contributed by atoms with Crippen molar-refractivity contribution in [1.29, 1.82) is 0 Å². The van der Waals surface area contributed by atoms with Crippen LogP contribution in [0.4, 0.5) is 0 Å². The Hall–Kier alpha value is -0.362. The van der Waals surface area contributed by atoms with Crippen LogP contribution in [-0.2, 0) is 30.9 Å². The molecule has 1 aromatic carbocycles. The molecule has 7 heteroatoms. The van der Waals surface area contributed by atoms with Crippen LogP contribution in [0.3, 0.4) is 0 Å². The monoisotopic (exact) mass is 455 g/mol. The Morgan fingerprint density at radius 3 is 2.31 bits per heavy atom. The van der Waals surface area contributed by atoms with Crippen LogP contribution in [0.5, 0.6) is 0 Å². The molecule has 135 valence electrons. The zero-order chi connectivity index (χ0) is 16.6. The molecule has 26 heavy (non-hydrogen) atoms. The molecule has 0 N–H and O–H groups in total. The number of hydrogen-bond acceptors (Lipinski definition) is 2. The van der Waals surface area contributed by atoms with Gasteiger partial charge in [-0.3, -0.25) is 4.79 Å². The first kappa shape index (κ1) is 23.7. The van der Waals surface area contributed by atoms with Crippen LogP contribution in [0.25, 0.3) is 5.57 Å². The molecule has 3 aliphatic rings. The summed E-state index contributed by atoms with van der Waals surface area (Å²) in [4.78, 5) is 13.1. The molecule has 2 nitrogen and oxygen atoms in total. The number of hydrogen-bond donors (Lipinski definition) is 0. The van der Waals surface area contributed by atoms with Crippen molar-refractivity contribution in [1.82, 2.24) is 0 Å². The van der Waals surface area contributed by atoms with E-state index in [1.54, 1.807) is 0 Å². The van der Waals surface area contributed by atoms with E-state index in [4.69, 9.17) is 4.43 Å². The third kappa shape index (κ3) is 3.29. The SMILES string of the molecule is CC[Si]1(C)C2=C1C1=[C-]c3ccccc3C1=C(O[Si](C)(C)C)C2=O.[Cl-].[Cl-].[Ti+3]. The van der Waals surface area contributed by atoms with E-state index in [0.717, 1.165) is 33.5 Å². The second kappa shape index (κ2) is 7.57. The molecule has 0 amide bonds. The van der Waals surface area contributed by atoms with Crippen molar-refractivity contribution in [2.75, 3.05) is 0 Å². The molecule has 2 aliphatic carbocycles. The number of carbonyl (C=O) groups is 1. The quantitative estimate of drug-likeness (QED) is 0.406. The molecular weight excluding hydrogens is 435 g/mol. The fraction of sp³-hybridized carbons (Fsp3) is 0.316. The van der Waals surface area contributed by atoms with Crippen molar-refractivity contribution in [3.8, 4) is 0 Å². The van der Waals surface area contributed by atoms with E-state index in [9.17, 15) is 4.79 Å². The average molecular weight is 456 g/mol. The van der Waals surface area contributed by atoms with Gasteiger partial charge in [-0.15, -0.1) is 34.0 Å². The van der Waals surface area contributed by atoms with E-state index in [-0.39, 0.29) is 52.3 Å². The second-order valence-electron chi connectivity index (χ2n) is 7.73. The van der Waals surface area contributed by atoms with Gasteiger partial charge in [0.05, 0.1) is 8.07 Å². The Morgan fingerprint density at radius 1 is 1.12 bits per heavy atom. The third-order valence-corrected chi connectivity index (χ3v) is 10.2. The van der Waals surface area contributed by atoms with Gasteiger partial charge in [0.25, 0.3) is 0 Å². The van der Waals surface area contributed by atoms with Gasteiger partial charge in [0.1, 0.15) is 5.76 Å². The predicted octanol–water partition coefficient (Wildman–Crippen LogP) is -1.58. The van der Waals surface area contributed by atoms with Crippen LogP contribution in [0.2, 0.25) is 32.2 Å². The summed E-state index contributed by atoms with van der Waals surface area (Å²) in [5.41, 5.74) is 4.37. The topological polar surface area (TPSA) is 26.3 Å². The van der Waals surface area contributed by atoms with Crippen molar-refractivity contribution in [3.05, 3.63) is 63.2 Å². The first-order valence-corrected chi connectivity index (χ1v) is 14.4. The standard InChI is InChI=1S/C19H21O2Si2.2ClH.Ti/c1-6-23(5)18-14-11-12-9-7-8-10-13(12)15(14)17(16(20)19(18)23)21-22(2,3)4;;;/h7-10H,6H2,1-5H3;2*1H;/q-1;;;+3/p-2. The molecule has 0 spiro atoms. The van der Waals surface area contributed by atoms with E-state index in [1.165, 1.54) is 5.20 Å². The summed E-state index contributed by atoms with van der Waals surface area (Å²) in [6.07, 6.45) is 3.57.